The second-order valence-corrected chi connectivity index (χ2v) is 3.98. The number of carbonyl (C=O) groups excluding carboxylic acids is 1. The number of benzene rings is 1. The summed E-state index contributed by atoms with van der Waals surface area (Å²) in [5.74, 6) is 0. The number of nitrogens with zero attached hydrogens (tertiary/aromatic N) is 2. The summed E-state index contributed by atoms with van der Waals surface area (Å²) in [6.45, 7) is 2.00. The van der Waals surface area contributed by atoms with Crippen LogP contribution >= 0.6 is 15.9 Å². The minimum atomic E-state index is 0.635. The number of hydrogen-bond acceptors (Lipinski definition) is 2. The second-order valence-electron chi connectivity index (χ2n) is 3.19. The van der Waals surface area contributed by atoms with E-state index in [9.17, 15) is 4.79 Å². The normalized spacial score (nSPS) is 10.8. The molecule has 0 saturated heterocycles. The zero-order valence-electron chi connectivity index (χ0n) is 7.91. The van der Waals surface area contributed by atoms with Crippen molar-refractivity contribution >= 4 is 33.1 Å². The van der Waals surface area contributed by atoms with Crippen LogP contribution in [0.1, 0.15) is 16.1 Å². The van der Waals surface area contributed by atoms with Crippen LogP contribution in [-0.2, 0) is 7.05 Å². The highest BCUT2D eigenvalue weighted by Gasteiger charge is 2.10. The van der Waals surface area contributed by atoms with Crippen LogP contribution in [0.25, 0.3) is 10.9 Å². The molecule has 2 aromatic rings. The van der Waals surface area contributed by atoms with Gasteiger partial charge in [-0.05, 0) is 28.9 Å². The van der Waals surface area contributed by atoms with Crippen molar-refractivity contribution in [1.82, 2.24) is 9.78 Å². The molecule has 0 atom stereocenters. The van der Waals surface area contributed by atoms with Gasteiger partial charge in [0.1, 0.15) is 5.52 Å². The maximum atomic E-state index is 10.7. The van der Waals surface area contributed by atoms with Gasteiger partial charge >= 0.3 is 0 Å². The molecule has 2 rings (SSSR count). The smallest absolute Gasteiger partial charge is 0.151 e. The second kappa shape index (κ2) is 3.20. The fraction of sp³-hybridized carbons (Fsp3) is 0.200. The van der Waals surface area contributed by atoms with E-state index >= 15 is 0 Å². The van der Waals surface area contributed by atoms with Crippen LogP contribution in [0.3, 0.4) is 0 Å². The van der Waals surface area contributed by atoms with E-state index in [1.807, 2.05) is 24.7 Å². The molecule has 0 bridgehead atoms. The first-order chi connectivity index (χ1) is 6.65. The summed E-state index contributed by atoms with van der Waals surface area (Å²) in [7, 11) is 1.89. The third-order valence-electron chi connectivity index (χ3n) is 2.40. The third-order valence-corrected chi connectivity index (χ3v) is 3.23. The number of fused-ring (bicyclic) bond motifs is 1. The van der Waals surface area contributed by atoms with Crippen LogP contribution in [0.4, 0.5) is 0 Å². The summed E-state index contributed by atoms with van der Waals surface area (Å²) in [6, 6.07) is 3.72. The number of carbonyl (C=O) groups is 1. The van der Waals surface area contributed by atoms with Crippen molar-refractivity contribution in [3.8, 4) is 0 Å². The maximum Gasteiger partial charge on any atom is 0.151 e. The summed E-state index contributed by atoms with van der Waals surface area (Å²) in [6.07, 6.45) is 0.827. The lowest BCUT2D eigenvalue weighted by Gasteiger charge is -1.96. The molecule has 14 heavy (non-hydrogen) atoms. The zero-order valence-corrected chi connectivity index (χ0v) is 9.50. The SMILES string of the molecule is Cc1c2ccc(C=O)c(Br)c2nn1C. The van der Waals surface area contributed by atoms with Crippen molar-refractivity contribution < 1.29 is 4.79 Å². The topological polar surface area (TPSA) is 34.9 Å². The summed E-state index contributed by atoms with van der Waals surface area (Å²) >= 11 is 3.38. The Hall–Kier alpha value is -1.16. The molecular weight excluding hydrogens is 244 g/mol. The van der Waals surface area contributed by atoms with Crippen LogP contribution in [0.15, 0.2) is 16.6 Å². The lowest BCUT2D eigenvalue weighted by molar-refractivity contribution is 0.112. The number of hydrogen-bond donors (Lipinski definition) is 0. The number of halogens is 1. The van der Waals surface area contributed by atoms with Gasteiger partial charge in [0.05, 0.1) is 4.47 Å². The molecule has 72 valence electrons. The first-order valence-corrected chi connectivity index (χ1v) is 5.01. The van der Waals surface area contributed by atoms with Crippen molar-refractivity contribution in [3.05, 3.63) is 27.9 Å². The average Bonchev–Trinajstić information content (AvgIpc) is 2.46. The highest BCUT2D eigenvalue weighted by molar-refractivity contribution is 9.10. The monoisotopic (exact) mass is 252 g/mol. The molecule has 0 aliphatic heterocycles. The Bertz CT molecular complexity index is 516. The van der Waals surface area contributed by atoms with Gasteiger partial charge in [0.25, 0.3) is 0 Å². The molecule has 4 heteroatoms. The van der Waals surface area contributed by atoms with Crippen LogP contribution in [-0.4, -0.2) is 16.1 Å². The van der Waals surface area contributed by atoms with E-state index in [0.717, 1.165) is 27.4 Å². The van der Waals surface area contributed by atoms with Gasteiger partial charge in [0, 0.05) is 23.7 Å². The lowest BCUT2D eigenvalue weighted by atomic mass is 10.1. The van der Waals surface area contributed by atoms with Gasteiger partial charge < -0.3 is 0 Å². The molecule has 3 nitrogen and oxygen atoms in total. The Balaban J connectivity index is 2.90. The van der Waals surface area contributed by atoms with Crippen LogP contribution in [0.2, 0.25) is 0 Å². The summed E-state index contributed by atoms with van der Waals surface area (Å²) < 4.78 is 2.58. The molecule has 0 aliphatic rings. The molecule has 1 heterocycles. The van der Waals surface area contributed by atoms with E-state index in [0.29, 0.717) is 5.56 Å². The Morgan fingerprint density at radius 3 is 2.86 bits per heavy atom. The van der Waals surface area contributed by atoms with E-state index < -0.39 is 0 Å². The third kappa shape index (κ3) is 1.18. The maximum absolute atomic E-state index is 10.7. The molecule has 1 aromatic heterocycles. The average molecular weight is 253 g/mol. The molecule has 0 amide bonds. The number of aryl methyl sites for hydroxylation is 2. The van der Waals surface area contributed by atoms with Gasteiger partial charge in [-0.1, -0.05) is 6.07 Å². The highest BCUT2D eigenvalue weighted by Crippen LogP contribution is 2.27. The largest absolute Gasteiger partial charge is 0.298 e. The molecule has 0 fully saturated rings. The van der Waals surface area contributed by atoms with Gasteiger partial charge in [-0.25, -0.2) is 0 Å². The highest BCUT2D eigenvalue weighted by atomic mass is 79.9. The van der Waals surface area contributed by atoms with Gasteiger partial charge in [0.15, 0.2) is 6.29 Å². The molecule has 0 saturated carbocycles. The quantitative estimate of drug-likeness (QED) is 0.731. The predicted molar refractivity (Wildman–Crippen MR) is 58.5 cm³/mol. The van der Waals surface area contributed by atoms with E-state index in [1.54, 1.807) is 6.07 Å². The van der Waals surface area contributed by atoms with E-state index in [-0.39, 0.29) is 0 Å². The minimum Gasteiger partial charge on any atom is -0.298 e. The number of rotatable bonds is 1. The van der Waals surface area contributed by atoms with Gasteiger partial charge in [0.2, 0.25) is 0 Å². The van der Waals surface area contributed by atoms with Gasteiger partial charge in [-0.15, -0.1) is 0 Å². The molecule has 0 radical (unpaired) electrons. The van der Waals surface area contributed by atoms with Crippen LogP contribution < -0.4 is 0 Å². The first-order valence-electron chi connectivity index (χ1n) is 4.22. The number of aldehydes is 1. The molecular formula is C10H9BrN2O. The number of aromatic nitrogens is 2. The Morgan fingerprint density at radius 2 is 2.21 bits per heavy atom. The van der Waals surface area contributed by atoms with E-state index in [1.165, 1.54) is 0 Å². The van der Waals surface area contributed by atoms with Crippen molar-refractivity contribution in [2.75, 3.05) is 0 Å². The fourth-order valence-corrected chi connectivity index (χ4v) is 1.98. The van der Waals surface area contributed by atoms with Crippen molar-refractivity contribution in [2.45, 2.75) is 6.92 Å². The molecule has 0 unspecified atom stereocenters. The molecule has 1 aromatic carbocycles. The zero-order chi connectivity index (χ0) is 10.3. The van der Waals surface area contributed by atoms with Crippen LogP contribution in [0, 0.1) is 6.92 Å². The summed E-state index contributed by atoms with van der Waals surface area (Å²) in [4.78, 5) is 10.7. The Kier molecular flexibility index (Phi) is 2.15. The minimum absolute atomic E-state index is 0.635. The lowest BCUT2D eigenvalue weighted by Crippen LogP contribution is -1.91. The van der Waals surface area contributed by atoms with Crippen molar-refractivity contribution in [1.29, 1.82) is 0 Å². The Labute approximate surface area is 89.8 Å². The standard InChI is InChI=1S/C10H9BrN2O/c1-6-8-4-3-7(5-14)9(11)10(8)12-13(6)2/h3-5H,1-2H3. The van der Waals surface area contributed by atoms with Crippen molar-refractivity contribution in [2.24, 2.45) is 7.05 Å². The van der Waals surface area contributed by atoms with Crippen molar-refractivity contribution in [3.63, 3.8) is 0 Å². The van der Waals surface area contributed by atoms with E-state index in [2.05, 4.69) is 21.0 Å². The molecule has 0 aliphatic carbocycles. The van der Waals surface area contributed by atoms with Gasteiger partial charge in [-0.2, -0.15) is 5.10 Å². The van der Waals surface area contributed by atoms with E-state index in [4.69, 9.17) is 0 Å². The first kappa shape index (κ1) is 9.40. The summed E-state index contributed by atoms with van der Waals surface area (Å²) in [5.41, 5.74) is 2.57. The Morgan fingerprint density at radius 1 is 1.50 bits per heavy atom. The van der Waals surface area contributed by atoms with Crippen LogP contribution in [0.5, 0.6) is 0 Å². The molecule has 0 N–H and O–H groups in total. The summed E-state index contributed by atoms with van der Waals surface area (Å²) in [5, 5.41) is 5.41. The van der Waals surface area contributed by atoms with Gasteiger partial charge in [-0.3, -0.25) is 9.48 Å². The predicted octanol–water partition coefficient (Wildman–Crippen LogP) is 2.46. The molecule has 0 spiro atoms. The fourth-order valence-electron chi connectivity index (χ4n) is 1.46.